The number of hydrogen-bond donors (Lipinski definition) is 1. The summed E-state index contributed by atoms with van der Waals surface area (Å²) in [6.07, 6.45) is 0. The molecule has 0 aliphatic heterocycles. The van der Waals surface area contributed by atoms with Crippen molar-refractivity contribution < 1.29 is 9.18 Å². The number of carbonyl (C=O) groups is 1. The van der Waals surface area contributed by atoms with Gasteiger partial charge in [0.05, 0.1) is 5.56 Å². The van der Waals surface area contributed by atoms with E-state index in [2.05, 4.69) is 15.9 Å². The molecule has 0 aliphatic rings. The van der Waals surface area contributed by atoms with Gasteiger partial charge in [-0.25, -0.2) is 4.39 Å². The molecule has 1 amide bonds. The third-order valence-corrected chi connectivity index (χ3v) is 3.74. The van der Waals surface area contributed by atoms with Crippen LogP contribution in [-0.4, -0.2) is 17.4 Å². The largest absolute Gasteiger partial charge is 0.398 e. The number of amides is 1. The van der Waals surface area contributed by atoms with Crippen LogP contribution >= 0.6 is 15.9 Å². The Hall–Kier alpha value is -1.88. The highest BCUT2D eigenvalue weighted by Crippen LogP contribution is 2.20. The van der Waals surface area contributed by atoms with Crippen molar-refractivity contribution >= 4 is 27.5 Å². The predicted molar refractivity (Wildman–Crippen MR) is 85.4 cm³/mol. The SMILES string of the molecule is CCN(Cc1ccccc1N)C(=O)c1cc(Br)ccc1F. The minimum atomic E-state index is -0.525. The van der Waals surface area contributed by atoms with Gasteiger partial charge in [-0.3, -0.25) is 4.79 Å². The van der Waals surface area contributed by atoms with E-state index in [0.717, 1.165) is 5.56 Å². The second kappa shape index (κ2) is 6.72. The van der Waals surface area contributed by atoms with Crippen LogP contribution in [0.1, 0.15) is 22.8 Å². The molecule has 0 spiro atoms. The third kappa shape index (κ3) is 3.61. The summed E-state index contributed by atoms with van der Waals surface area (Å²) in [6, 6.07) is 11.7. The molecule has 2 rings (SSSR count). The first-order chi connectivity index (χ1) is 10.0. The first-order valence-corrected chi connectivity index (χ1v) is 7.40. The number of carbonyl (C=O) groups excluding carboxylic acids is 1. The zero-order valence-corrected chi connectivity index (χ0v) is 13.2. The van der Waals surface area contributed by atoms with Crippen LogP contribution < -0.4 is 5.73 Å². The standard InChI is InChI=1S/C16H16BrFN2O/c1-2-20(10-11-5-3-4-6-15(11)19)16(21)13-9-12(17)7-8-14(13)18/h3-9H,2,10,19H2,1H3. The fourth-order valence-corrected chi connectivity index (χ4v) is 2.40. The predicted octanol–water partition coefficient (Wildman–Crippen LogP) is 3.83. The number of halogens is 2. The molecule has 0 saturated heterocycles. The van der Waals surface area contributed by atoms with Crippen molar-refractivity contribution in [1.29, 1.82) is 0 Å². The number of rotatable bonds is 4. The highest BCUT2D eigenvalue weighted by Gasteiger charge is 2.19. The van der Waals surface area contributed by atoms with E-state index in [-0.39, 0.29) is 11.5 Å². The minimum absolute atomic E-state index is 0.0562. The van der Waals surface area contributed by atoms with E-state index in [1.165, 1.54) is 12.1 Å². The Balaban J connectivity index is 2.27. The van der Waals surface area contributed by atoms with Crippen molar-refractivity contribution in [3.63, 3.8) is 0 Å². The number of nitrogens with zero attached hydrogens (tertiary/aromatic N) is 1. The number of hydrogen-bond acceptors (Lipinski definition) is 2. The maximum atomic E-state index is 13.8. The van der Waals surface area contributed by atoms with E-state index in [1.54, 1.807) is 17.0 Å². The monoisotopic (exact) mass is 350 g/mol. The van der Waals surface area contributed by atoms with Crippen molar-refractivity contribution in [3.05, 3.63) is 63.9 Å². The summed E-state index contributed by atoms with van der Waals surface area (Å²) in [4.78, 5) is 14.1. The Morgan fingerprint density at radius 2 is 2.00 bits per heavy atom. The first kappa shape index (κ1) is 15.5. The van der Waals surface area contributed by atoms with Gasteiger partial charge in [0.15, 0.2) is 0 Å². The molecule has 0 fully saturated rings. The van der Waals surface area contributed by atoms with Gasteiger partial charge in [-0.1, -0.05) is 34.1 Å². The molecule has 0 bridgehead atoms. The second-order valence-corrected chi connectivity index (χ2v) is 5.56. The van der Waals surface area contributed by atoms with Crippen molar-refractivity contribution in [1.82, 2.24) is 4.90 Å². The molecular weight excluding hydrogens is 335 g/mol. The van der Waals surface area contributed by atoms with Crippen LogP contribution in [0, 0.1) is 5.82 Å². The summed E-state index contributed by atoms with van der Waals surface area (Å²) in [6.45, 7) is 2.68. The molecule has 0 saturated carbocycles. The lowest BCUT2D eigenvalue weighted by molar-refractivity contribution is 0.0748. The van der Waals surface area contributed by atoms with Crippen LogP contribution in [0.25, 0.3) is 0 Å². The van der Waals surface area contributed by atoms with Crippen LogP contribution in [0.2, 0.25) is 0 Å². The highest BCUT2D eigenvalue weighted by molar-refractivity contribution is 9.10. The maximum Gasteiger partial charge on any atom is 0.257 e. The van der Waals surface area contributed by atoms with Crippen LogP contribution in [0.3, 0.4) is 0 Å². The van der Waals surface area contributed by atoms with Crippen molar-refractivity contribution in [2.45, 2.75) is 13.5 Å². The summed E-state index contributed by atoms with van der Waals surface area (Å²) in [5.74, 6) is -0.873. The van der Waals surface area contributed by atoms with Gasteiger partial charge in [0, 0.05) is 23.2 Å². The molecule has 0 radical (unpaired) electrons. The fourth-order valence-electron chi connectivity index (χ4n) is 2.04. The average Bonchev–Trinajstić information content (AvgIpc) is 2.48. The van der Waals surface area contributed by atoms with E-state index in [4.69, 9.17) is 5.73 Å². The van der Waals surface area contributed by atoms with Gasteiger partial charge in [0.25, 0.3) is 5.91 Å². The molecule has 0 unspecified atom stereocenters. The molecule has 0 aromatic heterocycles. The van der Waals surface area contributed by atoms with Gasteiger partial charge in [-0.05, 0) is 36.8 Å². The van der Waals surface area contributed by atoms with Crippen molar-refractivity contribution in [3.8, 4) is 0 Å². The minimum Gasteiger partial charge on any atom is -0.398 e. The fraction of sp³-hybridized carbons (Fsp3) is 0.188. The van der Waals surface area contributed by atoms with Crippen LogP contribution in [0.15, 0.2) is 46.9 Å². The van der Waals surface area contributed by atoms with Gasteiger partial charge in [0.1, 0.15) is 5.82 Å². The first-order valence-electron chi connectivity index (χ1n) is 6.60. The molecule has 3 nitrogen and oxygen atoms in total. The van der Waals surface area contributed by atoms with E-state index in [0.29, 0.717) is 23.2 Å². The number of nitrogen functional groups attached to an aromatic ring is 1. The zero-order valence-electron chi connectivity index (χ0n) is 11.6. The van der Waals surface area contributed by atoms with E-state index in [9.17, 15) is 9.18 Å². The van der Waals surface area contributed by atoms with Gasteiger partial charge in [0.2, 0.25) is 0 Å². The summed E-state index contributed by atoms with van der Waals surface area (Å²) in [5, 5.41) is 0. The lowest BCUT2D eigenvalue weighted by atomic mass is 10.1. The molecule has 0 heterocycles. The lowest BCUT2D eigenvalue weighted by Gasteiger charge is -2.22. The molecule has 2 aromatic rings. The Bertz CT molecular complexity index is 660. The third-order valence-electron chi connectivity index (χ3n) is 3.24. The molecule has 0 aliphatic carbocycles. The van der Waals surface area contributed by atoms with Gasteiger partial charge in [-0.15, -0.1) is 0 Å². The quantitative estimate of drug-likeness (QED) is 0.851. The summed E-state index contributed by atoms with van der Waals surface area (Å²) in [5.41, 5.74) is 7.43. The molecule has 110 valence electrons. The summed E-state index contributed by atoms with van der Waals surface area (Å²) in [7, 11) is 0. The Morgan fingerprint density at radius 3 is 2.67 bits per heavy atom. The van der Waals surface area contributed by atoms with E-state index < -0.39 is 5.82 Å². The molecular formula is C16H16BrFN2O. The highest BCUT2D eigenvalue weighted by atomic mass is 79.9. The average molecular weight is 351 g/mol. The number of benzene rings is 2. The second-order valence-electron chi connectivity index (χ2n) is 4.64. The molecule has 0 atom stereocenters. The summed E-state index contributed by atoms with van der Waals surface area (Å²) < 4.78 is 14.5. The Kier molecular flexibility index (Phi) is 4.96. The number of anilines is 1. The Labute approximate surface area is 131 Å². The smallest absolute Gasteiger partial charge is 0.257 e. The lowest BCUT2D eigenvalue weighted by Crippen LogP contribution is -2.31. The summed E-state index contributed by atoms with van der Waals surface area (Å²) >= 11 is 3.26. The van der Waals surface area contributed by atoms with E-state index >= 15 is 0 Å². The normalized spacial score (nSPS) is 10.4. The van der Waals surface area contributed by atoms with Crippen LogP contribution in [-0.2, 0) is 6.54 Å². The molecule has 21 heavy (non-hydrogen) atoms. The topological polar surface area (TPSA) is 46.3 Å². The van der Waals surface area contributed by atoms with Gasteiger partial charge in [-0.2, -0.15) is 0 Å². The van der Waals surface area contributed by atoms with Gasteiger partial charge >= 0.3 is 0 Å². The van der Waals surface area contributed by atoms with Crippen LogP contribution in [0.4, 0.5) is 10.1 Å². The zero-order chi connectivity index (χ0) is 15.4. The van der Waals surface area contributed by atoms with Crippen LogP contribution in [0.5, 0.6) is 0 Å². The molecule has 2 N–H and O–H groups in total. The van der Waals surface area contributed by atoms with Crippen molar-refractivity contribution in [2.75, 3.05) is 12.3 Å². The van der Waals surface area contributed by atoms with E-state index in [1.807, 2.05) is 25.1 Å². The molecule has 5 heteroatoms. The Morgan fingerprint density at radius 1 is 1.29 bits per heavy atom. The number of para-hydroxylation sites is 1. The number of nitrogens with two attached hydrogens (primary N) is 1. The van der Waals surface area contributed by atoms with Gasteiger partial charge < -0.3 is 10.6 Å². The molecule has 2 aromatic carbocycles. The van der Waals surface area contributed by atoms with Crippen molar-refractivity contribution in [2.24, 2.45) is 0 Å². The maximum absolute atomic E-state index is 13.8.